The first-order chi connectivity index (χ1) is 10.2. The molecule has 1 heterocycles. The van der Waals surface area contributed by atoms with Gasteiger partial charge in [-0.2, -0.15) is 4.98 Å². The number of ether oxygens (including phenoxy) is 1. The lowest BCUT2D eigenvalue weighted by Crippen LogP contribution is -2.18. The van der Waals surface area contributed by atoms with Gasteiger partial charge in [-0.05, 0) is 49.4 Å². The van der Waals surface area contributed by atoms with Gasteiger partial charge in [-0.25, -0.2) is 4.98 Å². The van der Waals surface area contributed by atoms with E-state index < -0.39 is 0 Å². The van der Waals surface area contributed by atoms with Crippen molar-refractivity contribution >= 4 is 11.8 Å². The molecule has 5 heteroatoms. The zero-order chi connectivity index (χ0) is 14.8. The lowest BCUT2D eigenvalue weighted by Gasteiger charge is -2.27. The minimum Gasteiger partial charge on any atom is -0.497 e. The Labute approximate surface area is 124 Å². The molecule has 1 aromatic carbocycles. The predicted molar refractivity (Wildman–Crippen MR) is 83.5 cm³/mol. The van der Waals surface area contributed by atoms with Crippen molar-refractivity contribution in [3.8, 4) is 5.75 Å². The Morgan fingerprint density at radius 1 is 1.29 bits per heavy atom. The number of anilines is 2. The standard InChI is InChI=1S/C16H20N4O/c1-10-8-15(20-16(17)18-10)19-14-5-3-4-11-9-12(21-2)6-7-13(11)14/h6-9,14H,3-5H2,1-2H3,(H3,17,18,19,20)/t14-/m0/s1. The Morgan fingerprint density at radius 2 is 2.14 bits per heavy atom. The molecule has 0 saturated carbocycles. The zero-order valence-corrected chi connectivity index (χ0v) is 12.4. The van der Waals surface area contributed by atoms with E-state index >= 15 is 0 Å². The van der Waals surface area contributed by atoms with Crippen LogP contribution in [0.3, 0.4) is 0 Å². The number of aryl methyl sites for hydroxylation is 2. The smallest absolute Gasteiger partial charge is 0.222 e. The minimum atomic E-state index is 0.258. The van der Waals surface area contributed by atoms with E-state index in [-0.39, 0.29) is 6.04 Å². The third-order valence-corrected chi connectivity index (χ3v) is 3.86. The maximum absolute atomic E-state index is 5.72. The van der Waals surface area contributed by atoms with Crippen molar-refractivity contribution in [2.45, 2.75) is 32.2 Å². The van der Waals surface area contributed by atoms with Gasteiger partial charge < -0.3 is 15.8 Å². The van der Waals surface area contributed by atoms with Gasteiger partial charge in [-0.3, -0.25) is 0 Å². The van der Waals surface area contributed by atoms with Crippen LogP contribution in [0.1, 0.15) is 35.7 Å². The summed E-state index contributed by atoms with van der Waals surface area (Å²) < 4.78 is 5.31. The molecule has 3 N–H and O–H groups in total. The average Bonchev–Trinajstić information content (AvgIpc) is 2.46. The Morgan fingerprint density at radius 3 is 2.90 bits per heavy atom. The molecule has 0 aliphatic heterocycles. The summed E-state index contributed by atoms with van der Waals surface area (Å²) in [7, 11) is 1.70. The quantitative estimate of drug-likeness (QED) is 0.906. The number of nitrogens with two attached hydrogens (primary N) is 1. The molecule has 2 aromatic rings. The SMILES string of the molecule is COc1ccc2c(c1)CCC[C@@H]2Nc1cc(C)nc(N)n1. The normalized spacial score (nSPS) is 17.1. The van der Waals surface area contributed by atoms with Gasteiger partial charge in [0.05, 0.1) is 13.2 Å². The summed E-state index contributed by atoms with van der Waals surface area (Å²) in [5, 5.41) is 3.48. The summed E-state index contributed by atoms with van der Waals surface area (Å²) >= 11 is 0. The Balaban J connectivity index is 1.88. The van der Waals surface area contributed by atoms with Crippen molar-refractivity contribution in [3.05, 3.63) is 41.1 Å². The third kappa shape index (κ3) is 2.91. The van der Waals surface area contributed by atoms with Gasteiger partial charge in [-0.15, -0.1) is 0 Å². The molecular formula is C16H20N4O. The summed E-state index contributed by atoms with van der Waals surface area (Å²) in [4.78, 5) is 8.37. The van der Waals surface area contributed by atoms with Crippen LogP contribution in [-0.4, -0.2) is 17.1 Å². The van der Waals surface area contributed by atoms with Crippen LogP contribution in [0.5, 0.6) is 5.75 Å². The van der Waals surface area contributed by atoms with E-state index in [4.69, 9.17) is 10.5 Å². The number of nitrogens with zero attached hydrogens (tertiary/aromatic N) is 2. The topological polar surface area (TPSA) is 73.1 Å². The number of hydrogen-bond acceptors (Lipinski definition) is 5. The number of fused-ring (bicyclic) bond motifs is 1. The molecule has 21 heavy (non-hydrogen) atoms. The van der Waals surface area contributed by atoms with Gasteiger partial charge in [0.2, 0.25) is 5.95 Å². The van der Waals surface area contributed by atoms with Crippen LogP contribution in [0.2, 0.25) is 0 Å². The van der Waals surface area contributed by atoms with E-state index in [0.29, 0.717) is 5.95 Å². The van der Waals surface area contributed by atoms with Crippen molar-refractivity contribution in [3.63, 3.8) is 0 Å². The molecule has 1 aliphatic rings. The molecule has 5 nitrogen and oxygen atoms in total. The molecule has 0 fully saturated rings. The number of benzene rings is 1. The second kappa shape index (κ2) is 5.60. The maximum atomic E-state index is 5.72. The van der Waals surface area contributed by atoms with Crippen LogP contribution in [0, 0.1) is 6.92 Å². The van der Waals surface area contributed by atoms with Crippen LogP contribution >= 0.6 is 0 Å². The van der Waals surface area contributed by atoms with Gasteiger partial charge in [-0.1, -0.05) is 6.07 Å². The number of nitrogen functional groups attached to an aromatic ring is 1. The van der Waals surface area contributed by atoms with Crippen LogP contribution in [0.4, 0.5) is 11.8 Å². The third-order valence-electron chi connectivity index (χ3n) is 3.86. The van der Waals surface area contributed by atoms with Gasteiger partial charge in [0, 0.05) is 11.8 Å². The number of hydrogen-bond donors (Lipinski definition) is 2. The summed E-state index contributed by atoms with van der Waals surface area (Å²) in [6.45, 7) is 1.92. The molecule has 3 rings (SSSR count). The molecule has 0 amide bonds. The maximum Gasteiger partial charge on any atom is 0.222 e. The van der Waals surface area contributed by atoms with Crippen LogP contribution in [0.15, 0.2) is 24.3 Å². The number of methoxy groups -OCH3 is 1. The second-order valence-corrected chi connectivity index (χ2v) is 5.41. The van der Waals surface area contributed by atoms with E-state index in [1.807, 2.05) is 19.1 Å². The zero-order valence-electron chi connectivity index (χ0n) is 12.4. The molecule has 0 radical (unpaired) electrons. The molecule has 0 bridgehead atoms. The van der Waals surface area contributed by atoms with Crippen molar-refractivity contribution in [2.75, 3.05) is 18.2 Å². The summed E-state index contributed by atoms with van der Waals surface area (Å²) in [6, 6.07) is 8.46. The van der Waals surface area contributed by atoms with E-state index in [1.54, 1.807) is 7.11 Å². The van der Waals surface area contributed by atoms with Crippen molar-refractivity contribution in [1.82, 2.24) is 9.97 Å². The highest BCUT2D eigenvalue weighted by Gasteiger charge is 2.21. The fourth-order valence-electron chi connectivity index (χ4n) is 2.91. The fraction of sp³-hybridized carbons (Fsp3) is 0.375. The minimum absolute atomic E-state index is 0.258. The summed E-state index contributed by atoms with van der Waals surface area (Å²) in [5.74, 6) is 2.01. The molecule has 0 unspecified atom stereocenters. The van der Waals surface area contributed by atoms with Gasteiger partial charge >= 0.3 is 0 Å². The van der Waals surface area contributed by atoms with E-state index in [9.17, 15) is 0 Å². The summed E-state index contributed by atoms with van der Waals surface area (Å²) in [5.41, 5.74) is 9.25. The van der Waals surface area contributed by atoms with Crippen LogP contribution < -0.4 is 15.8 Å². The van der Waals surface area contributed by atoms with Crippen molar-refractivity contribution < 1.29 is 4.74 Å². The van der Waals surface area contributed by atoms with E-state index in [1.165, 1.54) is 11.1 Å². The fourth-order valence-corrected chi connectivity index (χ4v) is 2.91. The molecule has 1 aliphatic carbocycles. The predicted octanol–water partition coefficient (Wildman–Crippen LogP) is 2.87. The largest absolute Gasteiger partial charge is 0.497 e. The Kier molecular flexibility index (Phi) is 3.64. The Hall–Kier alpha value is -2.30. The highest BCUT2D eigenvalue weighted by atomic mass is 16.5. The lowest BCUT2D eigenvalue weighted by molar-refractivity contribution is 0.413. The van der Waals surface area contributed by atoms with Crippen molar-refractivity contribution in [2.24, 2.45) is 0 Å². The van der Waals surface area contributed by atoms with Gasteiger partial charge in [0.25, 0.3) is 0 Å². The number of aromatic nitrogens is 2. The van der Waals surface area contributed by atoms with Gasteiger partial charge in [0.1, 0.15) is 11.6 Å². The lowest BCUT2D eigenvalue weighted by atomic mass is 9.87. The molecule has 1 aromatic heterocycles. The molecule has 0 spiro atoms. The monoisotopic (exact) mass is 284 g/mol. The Bertz CT molecular complexity index is 636. The van der Waals surface area contributed by atoms with Crippen molar-refractivity contribution in [1.29, 1.82) is 0 Å². The van der Waals surface area contributed by atoms with Crippen LogP contribution in [0.25, 0.3) is 0 Å². The molecule has 0 saturated heterocycles. The molecular weight excluding hydrogens is 264 g/mol. The first-order valence-corrected chi connectivity index (χ1v) is 7.20. The summed E-state index contributed by atoms with van der Waals surface area (Å²) in [6.07, 6.45) is 3.33. The first-order valence-electron chi connectivity index (χ1n) is 7.20. The number of rotatable bonds is 3. The first kappa shape index (κ1) is 13.7. The highest BCUT2D eigenvalue weighted by molar-refractivity contribution is 5.46. The second-order valence-electron chi connectivity index (χ2n) is 5.41. The molecule has 1 atom stereocenters. The average molecular weight is 284 g/mol. The highest BCUT2D eigenvalue weighted by Crippen LogP contribution is 2.34. The van der Waals surface area contributed by atoms with Gasteiger partial charge in [0.15, 0.2) is 0 Å². The number of nitrogens with one attached hydrogen (secondary N) is 1. The van der Waals surface area contributed by atoms with E-state index in [0.717, 1.165) is 36.5 Å². The van der Waals surface area contributed by atoms with E-state index in [2.05, 4.69) is 27.4 Å². The van der Waals surface area contributed by atoms with Crippen LogP contribution in [-0.2, 0) is 6.42 Å². The molecule has 110 valence electrons.